The first-order valence-corrected chi connectivity index (χ1v) is 9.76. The number of fused-ring (bicyclic) bond motifs is 1. The van der Waals surface area contributed by atoms with Gasteiger partial charge < -0.3 is 14.5 Å². The molecule has 142 valence electrons. The molecule has 1 amide bonds. The minimum Gasteiger partial charge on any atom is -0.379 e. The van der Waals surface area contributed by atoms with E-state index in [9.17, 15) is 4.79 Å². The summed E-state index contributed by atoms with van der Waals surface area (Å²) >= 11 is 6.19. The van der Waals surface area contributed by atoms with Crippen LogP contribution < -0.4 is 4.90 Å². The number of carbonyl (C=O) groups excluding carboxylic acids is 1. The van der Waals surface area contributed by atoms with Gasteiger partial charge in [0.15, 0.2) is 0 Å². The molecule has 5 nitrogen and oxygen atoms in total. The molecule has 0 bridgehead atoms. The fraction of sp³-hybridized carbons (Fsp3) is 0.381. The van der Waals surface area contributed by atoms with Gasteiger partial charge in [0.2, 0.25) is 0 Å². The maximum Gasteiger partial charge on any atom is 0.257 e. The lowest BCUT2D eigenvalue weighted by Gasteiger charge is -2.39. The standard InChI is InChI=1S/C21H24ClN3O2/c22-18-6-7-20-19(14-18)21(26)24(9-8-23-10-12-27-13-11-23)16-25(20)15-17-4-2-1-3-5-17/h1-7,14H,8-13,15-16H2. The fourth-order valence-electron chi connectivity index (χ4n) is 3.67. The van der Waals surface area contributed by atoms with Crippen LogP contribution in [0.15, 0.2) is 48.5 Å². The quantitative estimate of drug-likeness (QED) is 0.792. The molecule has 2 aromatic rings. The van der Waals surface area contributed by atoms with Gasteiger partial charge in [-0.05, 0) is 23.8 Å². The van der Waals surface area contributed by atoms with E-state index in [2.05, 4.69) is 21.9 Å². The number of halogens is 1. The van der Waals surface area contributed by atoms with Crippen LogP contribution in [0.5, 0.6) is 0 Å². The van der Waals surface area contributed by atoms with E-state index in [-0.39, 0.29) is 5.91 Å². The largest absolute Gasteiger partial charge is 0.379 e. The molecule has 0 aromatic heterocycles. The smallest absolute Gasteiger partial charge is 0.257 e. The van der Waals surface area contributed by atoms with Crippen LogP contribution in [0.25, 0.3) is 0 Å². The van der Waals surface area contributed by atoms with E-state index in [1.165, 1.54) is 5.56 Å². The number of benzene rings is 2. The van der Waals surface area contributed by atoms with Gasteiger partial charge in [-0.1, -0.05) is 41.9 Å². The van der Waals surface area contributed by atoms with Crippen molar-refractivity contribution in [1.82, 2.24) is 9.80 Å². The molecule has 0 saturated carbocycles. The van der Waals surface area contributed by atoms with E-state index in [1.807, 2.05) is 35.2 Å². The predicted molar refractivity (Wildman–Crippen MR) is 107 cm³/mol. The van der Waals surface area contributed by atoms with Gasteiger partial charge in [0, 0.05) is 37.7 Å². The predicted octanol–water partition coefficient (Wildman–Crippen LogP) is 3.09. The lowest BCUT2D eigenvalue weighted by atomic mass is 10.1. The number of hydrogen-bond donors (Lipinski definition) is 0. The maximum absolute atomic E-state index is 13.0. The summed E-state index contributed by atoms with van der Waals surface area (Å²) in [5.74, 6) is 0.0603. The molecular formula is C21H24ClN3O2. The van der Waals surface area contributed by atoms with Gasteiger partial charge in [-0.2, -0.15) is 0 Å². The zero-order valence-electron chi connectivity index (χ0n) is 15.3. The van der Waals surface area contributed by atoms with Crippen LogP contribution in [0.1, 0.15) is 15.9 Å². The highest BCUT2D eigenvalue weighted by atomic mass is 35.5. The van der Waals surface area contributed by atoms with Crippen molar-refractivity contribution in [2.45, 2.75) is 6.54 Å². The van der Waals surface area contributed by atoms with Crippen LogP contribution in [0, 0.1) is 0 Å². The Labute approximate surface area is 165 Å². The summed E-state index contributed by atoms with van der Waals surface area (Å²) in [7, 11) is 0. The van der Waals surface area contributed by atoms with Gasteiger partial charge in [0.1, 0.15) is 0 Å². The molecule has 1 saturated heterocycles. The highest BCUT2D eigenvalue weighted by molar-refractivity contribution is 6.31. The van der Waals surface area contributed by atoms with Crippen LogP contribution in [0.3, 0.4) is 0 Å². The molecule has 2 aliphatic rings. The Morgan fingerprint density at radius 1 is 0.963 bits per heavy atom. The van der Waals surface area contributed by atoms with E-state index in [4.69, 9.17) is 16.3 Å². The third kappa shape index (κ3) is 4.26. The molecule has 1 fully saturated rings. The van der Waals surface area contributed by atoms with E-state index in [0.29, 0.717) is 23.8 Å². The average Bonchev–Trinajstić information content (AvgIpc) is 2.71. The lowest BCUT2D eigenvalue weighted by molar-refractivity contribution is 0.0322. The van der Waals surface area contributed by atoms with E-state index in [0.717, 1.165) is 45.1 Å². The highest BCUT2D eigenvalue weighted by Gasteiger charge is 2.29. The first-order chi connectivity index (χ1) is 13.2. The second-order valence-electron chi connectivity index (χ2n) is 7.01. The van der Waals surface area contributed by atoms with Crippen LogP contribution in [0.2, 0.25) is 5.02 Å². The second-order valence-corrected chi connectivity index (χ2v) is 7.45. The number of carbonyl (C=O) groups is 1. The van der Waals surface area contributed by atoms with Crippen molar-refractivity contribution in [2.75, 3.05) is 51.0 Å². The zero-order chi connectivity index (χ0) is 18.6. The van der Waals surface area contributed by atoms with Gasteiger partial charge in [-0.3, -0.25) is 9.69 Å². The summed E-state index contributed by atoms with van der Waals surface area (Å²) in [6.45, 7) is 6.32. The topological polar surface area (TPSA) is 36.0 Å². The summed E-state index contributed by atoms with van der Waals surface area (Å²) in [5.41, 5.74) is 2.86. The Balaban J connectivity index is 1.54. The van der Waals surface area contributed by atoms with Gasteiger partial charge in [-0.25, -0.2) is 0 Å². The van der Waals surface area contributed by atoms with Crippen LogP contribution in [-0.4, -0.2) is 61.8 Å². The summed E-state index contributed by atoms with van der Waals surface area (Å²) in [4.78, 5) is 19.6. The van der Waals surface area contributed by atoms with E-state index in [1.54, 1.807) is 6.07 Å². The summed E-state index contributed by atoms with van der Waals surface area (Å²) < 4.78 is 5.41. The lowest BCUT2D eigenvalue weighted by Crippen LogP contribution is -2.50. The number of morpholine rings is 1. The highest BCUT2D eigenvalue weighted by Crippen LogP contribution is 2.31. The van der Waals surface area contributed by atoms with E-state index < -0.39 is 0 Å². The number of rotatable bonds is 5. The molecule has 2 heterocycles. The second kappa shape index (κ2) is 8.30. The van der Waals surface area contributed by atoms with Crippen LogP contribution in [-0.2, 0) is 11.3 Å². The molecule has 2 aliphatic heterocycles. The van der Waals surface area contributed by atoms with Crippen LogP contribution in [0.4, 0.5) is 5.69 Å². The summed E-state index contributed by atoms with van der Waals surface area (Å²) in [6.07, 6.45) is 0. The maximum atomic E-state index is 13.0. The molecular weight excluding hydrogens is 362 g/mol. The monoisotopic (exact) mass is 385 g/mol. The zero-order valence-corrected chi connectivity index (χ0v) is 16.1. The van der Waals surface area contributed by atoms with Crippen molar-refractivity contribution >= 4 is 23.2 Å². The molecule has 4 rings (SSSR count). The summed E-state index contributed by atoms with van der Waals surface area (Å²) in [6, 6.07) is 15.9. The van der Waals surface area contributed by atoms with Crippen molar-refractivity contribution in [3.8, 4) is 0 Å². The van der Waals surface area contributed by atoms with Crippen LogP contribution >= 0.6 is 11.6 Å². The molecule has 0 radical (unpaired) electrons. The first-order valence-electron chi connectivity index (χ1n) is 9.38. The fourth-order valence-corrected chi connectivity index (χ4v) is 3.84. The molecule has 0 atom stereocenters. The Morgan fingerprint density at radius 3 is 2.52 bits per heavy atom. The molecule has 0 aliphatic carbocycles. The van der Waals surface area contributed by atoms with Crippen molar-refractivity contribution < 1.29 is 9.53 Å². The van der Waals surface area contributed by atoms with E-state index >= 15 is 0 Å². The normalized spacial score (nSPS) is 17.9. The summed E-state index contributed by atoms with van der Waals surface area (Å²) in [5, 5.41) is 0.594. The Hall–Kier alpha value is -2.08. The van der Waals surface area contributed by atoms with Crippen molar-refractivity contribution in [3.63, 3.8) is 0 Å². The van der Waals surface area contributed by atoms with Crippen molar-refractivity contribution in [2.24, 2.45) is 0 Å². The third-order valence-electron chi connectivity index (χ3n) is 5.16. The minimum atomic E-state index is 0.0603. The van der Waals surface area contributed by atoms with Crippen molar-refractivity contribution in [3.05, 3.63) is 64.7 Å². The molecule has 27 heavy (non-hydrogen) atoms. The Kier molecular flexibility index (Phi) is 5.62. The third-order valence-corrected chi connectivity index (χ3v) is 5.40. The molecule has 0 unspecified atom stereocenters. The molecule has 6 heteroatoms. The Bertz CT molecular complexity index is 793. The molecule has 0 N–H and O–H groups in total. The minimum absolute atomic E-state index is 0.0603. The number of amides is 1. The molecule has 0 spiro atoms. The van der Waals surface area contributed by atoms with Gasteiger partial charge in [0.25, 0.3) is 5.91 Å². The number of hydrogen-bond acceptors (Lipinski definition) is 4. The first kappa shape index (κ1) is 18.3. The Morgan fingerprint density at radius 2 is 1.74 bits per heavy atom. The molecule has 2 aromatic carbocycles. The number of ether oxygens (including phenoxy) is 1. The van der Waals surface area contributed by atoms with Crippen molar-refractivity contribution in [1.29, 1.82) is 0 Å². The average molecular weight is 386 g/mol. The SMILES string of the molecule is O=C1c2cc(Cl)ccc2N(Cc2ccccc2)CN1CCN1CCOCC1. The number of nitrogens with zero attached hydrogens (tertiary/aromatic N) is 3. The van der Waals surface area contributed by atoms with Gasteiger partial charge >= 0.3 is 0 Å². The van der Waals surface area contributed by atoms with Gasteiger partial charge in [0.05, 0.1) is 31.1 Å². The van der Waals surface area contributed by atoms with Gasteiger partial charge in [-0.15, -0.1) is 0 Å². The number of anilines is 1.